The Morgan fingerprint density at radius 3 is 2.33 bits per heavy atom. The maximum Gasteiger partial charge on any atom is 0.419 e. The molecule has 2 heterocycles. The average Bonchev–Trinajstić information content (AvgIpc) is 2.68. The molecule has 0 radical (unpaired) electrons. The highest BCUT2D eigenvalue weighted by molar-refractivity contribution is 5.92. The summed E-state index contributed by atoms with van der Waals surface area (Å²) in [5, 5.41) is 2.95. The Morgan fingerprint density at radius 2 is 1.81 bits per heavy atom. The van der Waals surface area contributed by atoms with E-state index in [-0.39, 0.29) is 11.8 Å². The molecular weight excluding hydrogens is 355 g/mol. The van der Waals surface area contributed by atoms with Gasteiger partial charge in [-0.2, -0.15) is 13.2 Å². The van der Waals surface area contributed by atoms with Gasteiger partial charge in [0.1, 0.15) is 6.20 Å². The number of anilines is 2. The highest BCUT2D eigenvalue weighted by Crippen LogP contribution is 2.29. The molecule has 0 aliphatic carbocycles. The number of hydrogen-bond donors (Lipinski definition) is 1. The van der Waals surface area contributed by atoms with Crippen molar-refractivity contribution in [2.45, 2.75) is 32.4 Å². The molecule has 2 N–H and O–H groups in total. The molecule has 0 unspecified atom stereocenters. The van der Waals surface area contributed by atoms with Gasteiger partial charge in [0.25, 0.3) is 5.82 Å². The number of piperidine rings is 1. The normalized spacial score (nSPS) is 15.6. The number of nitrogens with zero attached hydrogens (tertiary/aromatic N) is 1. The van der Waals surface area contributed by atoms with Crippen molar-refractivity contribution in [3.8, 4) is 0 Å². The molecule has 1 aromatic heterocycles. The number of carbonyl (C=O) groups is 1. The van der Waals surface area contributed by atoms with Crippen LogP contribution in [0.5, 0.6) is 0 Å². The summed E-state index contributed by atoms with van der Waals surface area (Å²) < 4.78 is 37.9. The number of carbonyl (C=O) groups excluding carboxylic acids is 1. The van der Waals surface area contributed by atoms with Crippen LogP contribution < -0.4 is 15.2 Å². The standard InChI is InChI=1S/C20H22F3N3O/c1-2-14-3-6-17(7-4-14)25-19(27)15-9-11-26(12-10-15)18-8-5-16(13-24-18)20(21,22)23/h3-8,13,15H,2,9-12H2,1H3,(H,25,27)/p+1. The molecule has 0 spiro atoms. The van der Waals surface area contributed by atoms with E-state index in [1.165, 1.54) is 11.6 Å². The third kappa shape index (κ3) is 4.78. The predicted octanol–water partition coefficient (Wildman–Crippen LogP) is 3.94. The van der Waals surface area contributed by atoms with E-state index in [2.05, 4.69) is 17.2 Å². The Labute approximate surface area is 156 Å². The van der Waals surface area contributed by atoms with Crippen molar-refractivity contribution in [1.29, 1.82) is 0 Å². The number of amides is 1. The number of rotatable bonds is 4. The molecule has 144 valence electrons. The van der Waals surface area contributed by atoms with Gasteiger partial charge in [0.05, 0.1) is 18.7 Å². The number of halogens is 3. The molecule has 1 fully saturated rings. The van der Waals surface area contributed by atoms with Crippen LogP contribution in [0.4, 0.5) is 24.7 Å². The van der Waals surface area contributed by atoms with Crippen LogP contribution in [0, 0.1) is 5.92 Å². The first-order valence-electron chi connectivity index (χ1n) is 9.10. The first-order chi connectivity index (χ1) is 12.9. The molecule has 0 bridgehead atoms. The Bertz CT molecular complexity index is 765. The molecule has 4 nitrogen and oxygen atoms in total. The monoisotopic (exact) mass is 378 g/mol. The number of aryl methyl sites for hydroxylation is 1. The maximum atomic E-state index is 12.6. The van der Waals surface area contributed by atoms with Gasteiger partial charge in [0.15, 0.2) is 0 Å². The van der Waals surface area contributed by atoms with Crippen LogP contribution in [0.3, 0.4) is 0 Å². The summed E-state index contributed by atoms with van der Waals surface area (Å²) in [6.45, 7) is 3.32. The van der Waals surface area contributed by atoms with Gasteiger partial charge in [-0.05, 0) is 43.0 Å². The van der Waals surface area contributed by atoms with Crippen molar-refractivity contribution in [2.75, 3.05) is 23.3 Å². The third-order valence-electron chi connectivity index (χ3n) is 4.96. The third-order valence-corrected chi connectivity index (χ3v) is 4.96. The van der Waals surface area contributed by atoms with E-state index in [1.54, 1.807) is 0 Å². The number of aromatic amines is 1. The minimum atomic E-state index is -4.35. The van der Waals surface area contributed by atoms with E-state index in [0.29, 0.717) is 31.7 Å². The van der Waals surface area contributed by atoms with Gasteiger partial charge in [-0.3, -0.25) is 9.69 Å². The zero-order valence-corrected chi connectivity index (χ0v) is 15.1. The number of alkyl halides is 3. The van der Waals surface area contributed by atoms with Crippen LogP contribution in [-0.4, -0.2) is 19.0 Å². The zero-order valence-electron chi connectivity index (χ0n) is 15.1. The fourth-order valence-electron chi connectivity index (χ4n) is 3.24. The lowest BCUT2D eigenvalue weighted by Gasteiger charge is -2.27. The highest BCUT2D eigenvalue weighted by atomic mass is 19.4. The van der Waals surface area contributed by atoms with E-state index in [0.717, 1.165) is 24.4 Å². The van der Waals surface area contributed by atoms with Gasteiger partial charge in [-0.1, -0.05) is 19.1 Å². The molecule has 1 saturated heterocycles. The van der Waals surface area contributed by atoms with E-state index in [4.69, 9.17) is 0 Å². The second-order valence-corrected chi connectivity index (χ2v) is 6.76. The minimum Gasteiger partial charge on any atom is -0.326 e. The Kier molecular flexibility index (Phi) is 5.68. The fourth-order valence-corrected chi connectivity index (χ4v) is 3.24. The van der Waals surface area contributed by atoms with Gasteiger partial charge < -0.3 is 5.32 Å². The van der Waals surface area contributed by atoms with Crippen LogP contribution in [-0.2, 0) is 17.4 Å². The lowest BCUT2D eigenvalue weighted by atomic mass is 9.95. The van der Waals surface area contributed by atoms with Crippen molar-refractivity contribution < 1.29 is 22.9 Å². The van der Waals surface area contributed by atoms with Crippen LogP contribution in [0.2, 0.25) is 0 Å². The van der Waals surface area contributed by atoms with Crippen molar-refractivity contribution in [2.24, 2.45) is 5.92 Å². The summed E-state index contributed by atoms with van der Waals surface area (Å²) >= 11 is 0. The first-order valence-corrected chi connectivity index (χ1v) is 9.10. The summed E-state index contributed by atoms with van der Waals surface area (Å²) in [5.41, 5.74) is 1.31. The number of aromatic nitrogens is 1. The van der Waals surface area contributed by atoms with Gasteiger partial charge in [0, 0.05) is 17.7 Å². The zero-order chi connectivity index (χ0) is 19.4. The van der Waals surface area contributed by atoms with Crippen LogP contribution in [0.1, 0.15) is 30.9 Å². The summed E-state index contributed by atoms with van der Waals surface area (Å²) in [6.07, 6.45) is -1.10. The van der Waals surface area contributed by atoms with E-state index >= 15 is 0 Å². The van der Waals surface area contributed by atoms with Crippen molar-refractivity contribution in [3.05, 3.63) is 53.7 Å². The topological polar surface area (TPSA) is 46.5 Å². The quantitative estimate of drug-likeness (QED) is 0.876. The van der Waals surface area contributed by atoms with Crippen LogP contribution in [0.15, 0.2) is 42.6 Å². The van der Waals surface area contributed by atoms with Crippen molar-refractivity contribution >= 4 is 17.4 Å². The molecule has 1 aliphatic heterocycles. The Hall–Kier alpha value is -2.57. The summed E-state index contributed by atoms with van der Waals surface area (Å²) in [7, 11) is 0. The average molecular weight is 378 g/mol. The fraction of sp³-hybridized carbons (Fsp3) is 0.400. The van der Waals surface area contributed by atoms with Gasteiger partial charge in [-0.15, -0.1) is 0 Å². The molecule has 7 heteroatoms. The molecule has 1 aliphatic rings. The summed E-state index contributed by atoms with van der Waals surface area (Å²) in [5.74, 6) is 0.536. The number of hydrogen-bond acceptors (Lipinski definition) is 2. The molecule has 27 heavy (non-hydrogen) atoms. The highest BCUT2D eigenvalue weighted by Gasteiger charge is 2.33. The molecule has 1 amide bonds. The van der Waals surface area contributed by atoms with Crippen LogP contribution >= 0.6 is 0 Å². The molecule has 2 aromatic rings. The predicted molar refractivity (Wildman–Crippen MR) is 97.4 cm³/mol. The van der Waals surface area contributed by atoms with Crippen LogP contribution in [0.25, 0.3) is 0 Å². The molecule has 0 atom stereocenters. The number of nitrogens with one attached hydrogen (secondary N) is 2. The summed E-state index contributed by atoms with van der Waals surface area (Å²) in [6, 6.07) is 10.3. The SMILES string of the molecule is CCc1ccc(NC(=O)C2CCN(c3ccc(C(F)(F)F)c[nH+]3)CC2)cc1. The van der Waals surface area contributed by atoms with Gasteiger partial charge >= 0.3 is 6.18 Å². The summed E-state index contributed by atoms with van der Waals surface area (Å²) in [4.78, 5) is 17.1. The maximum absolute atomic E-state index is 12.6. The van der Waals surface area contributed by atoms with Crippen molar-refractivity contribution in [3.63, 3.8) is 0 Å². The number of pyridine rings is 1. The second-order valence-electron chi connectivity index (χ2n) is 6.76. The number of H-pyrrole nitrogens is 1. The van der Waals surface area contributed by atoms with Gasteiger partial charge in [0.2, 0.25) is 5.91 Å². The smallest absolute Gasteiger partial charge is 0.326 e. The van der Waals surface area contributed by atoms with Gasteiger partial charge in [-0.25, -0.2) is 4.98 Å². The molecular formula is C20H23F3N3O+. The first kappa shape index (κ1) is 19.2. The lowest BCUT2D eigenvalue weighted by molar-refractivity contribution is -0.367. The number of benzene rings is 1. The molecule has 1 aromatic carbocycles. The van der Waals surface area contributed by atoms with E-state index in [9.17, 15) is 18.0 Å². The van der Waals surface area contributed by atoms with Crippen molar-refractivity contribution in [1.82, 2.24) is 0 Å². The Balaban J connectivity index is 1.54. The molecule has 3 rings (SSSR count). The lowest BCUT2D eigenvalue weighted by Crippen LogP contribution is -2.40. The van der Waals surface area contributed by atoms with E-state index in [1.807, 2.05) is 29.2 Å². The Morgan fingerprint density at radius 1 is 1.15 bits per heavy atom. The second kappa shape index (κ2) is 7.98. The van der Waals surface area contributed by atoms with E-state index < -0.39 is 11.7 Å². The molecule has 0 saturated carbocycles. The minimum absolute atomic E-state index is 0.00435. The largest absolute Gasteiger partial charge is 0.419 e.